The van der Waals surface area contributed by atoms with Crippen molar-refractivity contribution in [3.05, 3.63) is 16.8 Å². The van der Waals surface area contributed by atoms with E-state index < -0.39 is 12.0 Å². The summed E-state index contributed by atoms with van der Waals surface area (Å²) < 4.78 is 6.35. The highest BCUT2D eigenvalue weighted by atomic mass is 32.1. The number of aliphatic hydroxyl groups excluding tert-OH is 1. The lowest BCUT2D eigenvalue weighted by atomic mass is 9.92. The van der Waals surface area contributed by atoms with Gasteiger partial charge in [0.25, 0.3) is 0 Å². The summed E-state index contributed by atoms with van der Waals surface area (Å²) >= 11 is 1.67. The van der Waals surface area contributed by atoms with E-state index in [1.165, 1.54) is 4.88 Å². The van der Waals surface area contributed by atoms with Gasteiger partial charge in [-0.3, -0.25) is 4.79 Å². The van der Waals surface area contributed by atoms with Gasteiger partial charge in [-0.2, -0.15) is 0 Å². The van der Waals surface area contributed by atoms with E-state index in [4.69, 9.17) is 10.5 Å². The largest absolute Gasteiger partial charge is 0.474 e. The third kappa shape index (κ3) is 3.86. The van der Waals surface area contributed by atoms with Crippen molar-refractivity contribution < 1.29 is 14.6 Å². The van der Waals surface area contributed by atoms with Crippen LogP contribution in [0.25, 0.3) is 10.2 Å². The van der Waals surface area contributed by atoms with E-state index in [0.29, 0.717) is 18.3 Å². The number of carbonyl (C=O) groups is 1. The van der Waals surface area contributed by atoms with Crippen molar-refractivity contribution >= 4 is 27.5 Å². The van der Waals surface area contributed by atoms with Crippen LogP contribution in [0.3, 0.4) is 0 Å². The number of carbonyl (C=O) groups excluding carboxylic acids is 1. The highest BCUT2D eigenvalue weighted by Gasteiger charge is 2.33. The number of hydrogen-bond donors (Lipinski definition) is 3. The quantitative estimate of drug-likeness (QED) is 0.653. The number of amides is 1. The van der Waals surface area contributed by atoms with E-state index >= 15 is 0 Å². The Hall–Kier alpha value is -1.77. The topological polar surface area (TPSA) is 110 Å². The molecule has 0 aromatic carbocycles. The van der Waals surface area contributed by atoms with Crippen molar-refractivity contribution in [1.29, 1.82) is 0 Å². The fourth-order valence-corrected chi connectivity index (χ4v) is 5.81. The first-order valence-electron chi connectivity index (χ1n) is 10.2. The van der Waals surface area contributed by atoms with E-state index in [1.807, 2.05) is 0 Å². The summed E-state index contributed by atoms with van der Waals surface area (Å²) in [5.41, 5.74) is 6.42. The molecule has 2 atom stereocenters. The zero-order valence-electron chi connectivity index (χ0n) is 16.2. The van der Waals surface area contributed by atoms with E-state index in [-0.39, 0.29) is 12.0 Å². The van der Waals surface area contributed by atoms with E-state index in [1.54, 1.807) is 17.7 Å². The Kier molecular flexibility index (Phi) is 5.80. The first kappa shape index (κ1) is 19.5. The van der Waals surface area contributed by atoms with Crippen LogP contribution in [-0.2, 0) is 11.2 Å². The number of primary amides is 1. The predicted molar refractivity (Wildman–Crippen MR) is 109 cm³/mol. The van der Waals surface area contributed by atoms with Gasteiger partial charge in [0.05, 0.1) is 5.39 Å². The van der Waals surface area contributed by atoms with Crippen LogP contribution in [0.5, 0.6) is 5.88 Å². The molecular weight excluding hydrogens is 376 g/mol. The first-order chi connectivity index (χ1) is 13.6. The molecular formula is C20H28N4O3S. The van der Waals surface area contributed by atoms with E-state index in [2.05, 4.69) is 22.2 Å². The van der Waals surface area contributed by atoms with Gasteiger partial charge in [-0.15, -0.1) is 11.3 Å². The SMILES string of the molecule is CCNC1CCC(Oc2ncnc3sc4c(c23)C(CC(O)C(N)=O)CC4)CC1. The number of hydrogen-bond acceptors (Lipinski definition) is 7. The molecule has 0 saturated heterocycles. The highest BCUT2D eigenvalue weighted by molar-refractivity contribution is 7.19. The number of nitrogens with one attached hydrogen (secondary N) is 1. The van der Waals surface area contributed by atoms with Crippen LogP contribution < -0.4 is 15.8 Å². The summed E-state index contributed by atoms with van der Waals surface area (Å²) in [4.78, 5) is 22.4. The molecule has 152 valence electrons. The third-order valence-electron chi connectivity index (χ3n) is 5.98. The maximum atomic E-state index is 11.3. The molecule has 2 aliphatic carbocycles. The normalized spacial score (nSPS) is 25.6. The van der Waals surface area contributed by atoms with Gasteiger partial charge in [0.2, 0.25) is 11.8 Å². The van der Waals surface area contributed by atoms with Gasteiger partial charge >= 0.3 is 0 Å². The smallest absolute Gasteiger partial charge is 0.246 e. The lowest BCUT2D eigenvalue weighted by Crippen LogP contribution is -2.36. The van der Waals surface area contributed by atoms with Crippen molar-refractivity contribution in [3.8, 4) is 5.88 Å². The molecule has 1 amide bonds. The molecule has 2 aliphatic rings. The van der Waals surface area contributed by atoms with Gasteiger partial charge in [-0.1, -0.05) is 6.92 Å². The van der Waals surface area contributed by atoms with Crippen LogP contribution in [-0.4, -0.2) is 45.8 Å². The molecule has 2 aromatic rings. The molecule has 1 fully saturated rings. The Labute approximate surface area is 168 Å². The highest BCUT2D eigenvalue weighted by Crippen LogP contribution is 2.47. The second-order valence-corrected chi connectivity index (χ2v) is 8.92. The lowest BCUT2D eigenvalue weighted by Gasteiger charge is -2.29. The minimum atomic E-state index is -1.12. The number of fused-ring (bicyclic) bond motifs is 3. The third-order valence-corrected chi connectivity index (χ3v) is 7.15. The van der Waals surface area contributed by atoms with Crippen LogP contribution >= 0.6 is 11.3 Å². The van der Waals surface area contributed by atoms with Crippen LogP contribution in [0.15, 0.2) is 6.33 Å². The molecule has 2 heterocycles. The zero-order chi connectivity index (χ0) is 19.7. The molecule has 4 N–H and O–H groups in total. The summed E-state index contributed by atoms with van der Waals surface area (Å²) in [6.45, 7) is 3.14. The Morgan fingerprint density at radius 1 is 1.36 bits per heavy atom. The number of aryl methyl sites for hydroxylation is 1. The fraction of sp³-hybridized carbons (Fsp3) is 0.650. The Balaban J connectivity index is 1.56. The molecule has 0 bridgehead atoms. The summed E-state index contributed by atoms with van der Waals surface area (Å²) in [6, 6.07) is 0.584. The van der Waals surface area contributed by atoms with Crippen LogP contribution in [0, 0.1) is 0 Å². The molecule has 28 heavy (non-hydrogen) atoms. The van der Waals surface area contributed by atoms with Gasteiger partial charge < -0.3 is 20.9 Å². The Morgan fingerprint density at radius 2 is 2.14 bits per heavy atom. The number of aromatic nitrogens is 2. The summed E-state index contributed by atoms with van der Waals surface area (Å²) in [5, 5.41) is 14.5. The minimum absolute atomic E-state index is 0.0871. The second-order valence-electron chi connectivity index (χ2n) is 7.84. The Bertz CT molecular complexity index is 847. The van der Waals surface area contributed by atoms with Gasteiger partial charge in [0, 0.05) is 10.9 Å². The number of nitrogens with two attached hydrogens (primary N) is 1. The molecule has 2 aromatic heterocycles. The molecule has 2 unspecified atom stereocenters. The maximum absolute atomic E-state index is 11.3. The molecule has 0 spiro atoms. The maximum Gasteiger partial charge on any atom is 0.246 e. The first-order valence-corrected chi connectivity index (χ1v) is 11.0. The average Bonchev–Trinajstić information content (AvgIpc) is 3.23. The summed E-state index contributed by atoms with van der Waals surface area (Å²) in [7, 11) is 0. The zero-order valence-corrected chi connectivity index (χ0v) is 17.0. The standard InChI is InChI=1S/C20H28N4O3S/c1-2-22-12-4-6-13(7-5-12)27-19-17-16-11(9-14(25)18(21)26)3-8-15(16)28-20(17)24-10-23-19/h10-14,22,25H,2-9H2,1H3,(H2,21,26). The van der Waals surface area contributed by atoms with Crippen molar-refractivity contribution in [2.75, 3.05) is 6.54 Å². The molecule has 1 saturated carbocycles. The molecule has 4 rings (SSSR count). The van der Waals surface area contributed by atoms with Crippen molar-refractivity contribution in [2.45, 2.75) is 76.0 Å². The summed E-state index contributed by atoms with van der Waals surface area (Å²) in [5.74, 6) is 0.0668. The van der Waals surface area contributed by atoms with Crippen LogP contribution in [0.1, 0.15) is 61.8 Å². The van der Waals surface area contributed by atoms with Crippen LogP contribution in [0.4, 0.5) is 0 Å². The average molecular weight is 405 g/mol. The number of ether oxygens (including phenoxy) is 1. The fourth-order valence-electron chi connectivity index (χ4n) is 4.58. The molecule has 0 aliphatic heterocycles. The molecule has 0 radical (unpaired) electrons. The van der Waals surface area contributed by atoms with Crippen molar-refractivity contribution in [1.82, 2.24) is 15.3 Å². The van der Waals surface area contributed by atoms with Crippen molar-refractivity contribution in [2.24, 2.45) is 5.73 Å². The van der Waals surface area contributed by atoms with Gasteiger partial charge in [-0.05, 0) is 63.0 Å². The number of rotatable bonds is 7. The van der Waals surface area contributed by atoms with Crippen molar-refractivity contribution in [3.63, 3.8) is 0 Å². The van der Waals surface area contributed by atoms with E-state index in [9.17, 15) is 9.90 Å². The second kappa shape index (κ2) is 8.31. The van der Waals surface area contributed by atoms with Gasteiger partial charge in [0.15, 0.2) is 0 Å². The number of nitrogens with zero attached hydrogens (tertiary/aromatic N) is 2. The molecule has 7 nitrogen and oxygen atoms in total. The monoisotopic (exact) mass is 404 g/mol. The summed E-state index contributed by atoms with van der Waals surface area (Å²) in [6.07, 6.45) is 7.05. The molecule has 8 heteroatoms. The number of thiophene rings is 1. The Morgan fingerprint density at radius 3 is 2.86 bits per heavy atom. The minimum Gasteiger partial charge on any atom is -0.474 e. The lowest BCUT2D eigenvalue weighted by molar-refractivity contribution is -0.126. The predicted octanol–water partition coefficient (Wildman–Crippen LogP) is 2.26. The number of aliphatic hydroxyl groups is 1. The van der Waals surface area contributed by atoms with E-state index in [0.717, 1.165) is 60.8 Å². The van der Waals surface area contributed by atoms with Gasteiger partial charge in [-0.25, -0.2) is 9.97 Å². The van der Waals surface area contributed by atoms with Gasteiger partial charge in [0.1, 0.15) is 23.4 Å². The van der Waals surface area contributed by atoms with Crippen LogP contribution in [0.2, 0.25) is 0 Å².